The second-order valence-electron chi connectivity index (χ2n) is 27.1. The maximum atomic E-state index is 15.1. The first-order valence-corrected chi connectivity index (χ1v) is 51.5. The normalized spacial score (nSPS) is 17.0. The Labute approximate surface area is 692 Å². The van der Waals surface area contributed by atoms with Crippen molar-refractivity contribution in [2.24, 2.45) is 0 Å². The van der Waals surface area contributed by atoms with E-state index >= 15 is 4.39 Å². The number of benzene rings is 6. The number of para-hydroxylation sites is 2. The van der Waals surface area contributed by atoms with Crippen molar-refractivity contribution >= 4 is 148 Å². The molecule has 6 aromatic carbocycles. The second kappa shape index (κ2) is 34.0. The minimum atomic E-state index is -3.15. The summed E-state index contributed by atoms with van der Waals surface area (Å²) in [5.41, 5.74) is 10.2. The average Bonchev–Trinajstić information content (AvgIpc) is 1.64. The molecule has 0 saturated carbocycles. The third kappa shape index (κ3) is 15.8. The van der Waals surface area contributed by atoms with Crippen molar-refractivity contribution in [3.05, 3.63) is 215 Å². The summed E-state index contributed by atoms with van der Waals surface area (Å²) in [4.78, 5) is 41.1. The number of carbonyl (C=O) groups is 1. The number of carboxylic acid groups (broad SMARTS) is 1. The summed E-state index contributed by atoms with van der Waals surface area (Å²) in [7, 11) is -3.15. The molecule has 17 rings (SSSR count). The van der Waals surface area contributed by atoms with Gasteiger partial charge in [0, 0.05) is 116 Å². The van der Waals surface area contributed by atoms with Crippen LogP contribution in [0.25, 0.3) is 77.4 Å². The summed E-state index contributed by atoms with van der Waals surface area (Å²) in [6.07, 6.45) is 18.6. The quantitative estimate of drug-likeness (QED) is 0.0473. The van der Waals surface area contributed by atoms with Gasteiger partial charge in [-0.2, -0.15) is 0 Å². The van der Waals surface area contributed by atoms with Gasteiger partial charge in [0.15, 0.2) is 0 Å². The summed E-state index contributed by atoms with van der Waals surface area (Å²) < 4.78 is 67.8. The van der Waals surface area contributed by atoms with Crippen LogP contribution >= 0.6 is 24.2 Å². The Hall–Kier alpha value is -4.47. The molecule has 103 heavy (non-hydrogen) atoms. The molecule has 19 nitrogen and oxygen atoms in total. The van der Waals surface area contributed by atoms with E-state index in [0.29, 0.717) is 40.9 Å². The van der Waals surface area contributed by atoms with Crippen LogP contribution in [-0.2, 0) is 40.4 Å². The molecule has 11 heterocycles. The first-order valence-electron chi connectivity index (χ1n) is 33.7. The van der Waals surface area contributed by atoms with Crippen molar-refractivity contribution < 1.29 is 109 Å². The molecule has 518 valence electrons. The van der Waals surface area contributed by atoms with E-state index in [-0.39, 0.29) is 116 Å². The summed E-state index contributed by atoms with van der Waals surface area (Å²) in [6.45, 7) is 20.0. The first kappa shape index (κ1) is 81.1. The Morgan fingerprint density at radius 1 is 0.592 bits per heavy atom. The van der Waals surface area contributed by atoms with E-state index in [4.69, 9.17) is 44.0 Å². The number of aromatic nitrogens is 9. The zero-order valence-corrected chi connectivity index (χ0v) is 70.6. The summed E-state index contributed by atoms with van der Waals surface area (Å²) in [6, 6.07) is 39.4. The predicted molar refractivity (Wildman–Crippen MR) is 393 cm³/mol. The molecule has 13 aromatic rings. The minimum absolute atomic E-state index is 0. The van der Waals surface area contributed by atoms with Crippen LogP contribution in [0.1, 0.15) is 147 Å². The number of imidazole rings is 4. The molecule has 3 atom stereocenters. The van der Waals surface area contributed by atoms with Crippen molar-refractivity contribution in [3.63, 3.8) is 0 Å². The number of pyridine rings is 3. The molecule has 26 heteroatoms. The standard InChI is InChI=1S/C35H33FN4O2.C21H20N2O.C14H14BrFN2O.C6H5NO2.CH4.3K.HO4P/c1-34(2)27-9-7-8-24-23-13-11-21(18-25(23)33-38-20-29(35(34,3)4)40(33)31(24)27)42-22-12-14-28(36)26(19-22)32-37-15-16-39(32)30-10-5-6-17-41-30;1-20(2)16-7-5-6-14-13-9-8-12(24)10-15(13)19-22-11-17(21(20,3)4)23(19)18(14)16;15-10-4-5-12(16)11(9-10)14-17-6-7-18(14)13-3-1-2-8-19-13;8-6(9)5-3-1-2-4-7-5;;;;;1-4-5(2)3/h7-9,11-16,18-20,30H,5-6,10,17H2,1-4H3;5-11,24H,1-4H3;4-7,9,13H,1-3,8H2;1-4H,(H,8,9);1H4;;;;1H/q;;;;;;;+1;/p-1. The maximum absolute atomic E-state index is 15.1. The second-order valence-corrected chi connectivity index (χ2v) is 28.6. The van der Waals surface area contributed by atoms with Gasteiger partial charge in [0.2, 0.25) is 0 Å². The Morgan fingerprint density at radius 3 is 1.53 bits per heavy atom. The summed E-state index contributed by atoms with van der Waals surface area (Å²) in [5, 5.41) is 33.6. The number of phenols is 1. The number of nitrogens with zero attached hydrogens (tertiary/aromatic N) is 9. The van der Waals surface area contributed by atoms with Crippen molar-refractivity contribution in [1.82, 2.24) is 42.9 Å². The van der Waals surface area contributed by atoms with Crippen molar-refractivity contribution in [2.45, 2.75) is 135 Å². The van der Waals surface area contributed by atoms with E-state index in [1.54, 1.807) is 54.9 Å². The van der Waals surface area contributed by atoms with E-state index in [1.165, 1.54) is 132 Å². The molecule has 0 aliphatic carbocycles. The monoisotopic (exact) mass is 1550 g/mol. The fraction of sp³-hybridized carbons (Fsp3) is 0.299. The average molecular weight is 1550 g/mol. The molecule has 4 aliphatic rings. The number of aromatic hydroxyl groups is 1. The van der Waals surface area contributed by atoms with Crippen LogP contribution in [0.2, 0.25) is 0 Å². The van der Waals surface area contributed by atoms with E-state index in [0.717, 1.165) is 82.4 Å². The molecule has 0 amide bonds. The number of carboxylic acids is 1. The van der Waals surface area contributed by atoms with Gasteiger partial charge in [-0.25, -0.2) is 43.2 Å². The molecule has 0 bridgehead atoms. The number of phenolic OH excluding ortho intramolecular Hbond substituents is 1. The van der Waals surface area contributed by atoms with Crippen LogP contribution in [-0.4, -0.2) is 135 Å². The molecule has 2 N–H and O–H groups in total. The van der Waals surface area contributed by atoms with E-state index in [1.807, 2.05) is 58.2 Å². The Bertz CT molecular complexity index is 5270. The van der Waals surface area contributed by atoms with Gasteiger partial charge < -0.3 is 43.7 Å². The molecule has 7 aromatic heterocycles. The number of aromatic carboxylic acids is 1. The van der Waals surface area contributed by atoms with Crippen molar-refractivity contribution in [1.29, 1.82) is 0 Å². The fourth-order valence-corrected chi connectivity index (χ4v) is 14.5. The fourth-order valence-electron chi connectivity index (χ4n) is 14.1. The topological polar surface area (TPSA) is 241 Å². The van der Waals surface area contributed by atoms with Crippen molar-refractivity contribution in [3.8, 4) is 40.0 Å². The Balaban J connectivity index is 0.000000158. The third-order valence-electron chi connectivity index (χ3n) is 20.6. The number of hydrogen-bond donors (Lipinski definition) is 2. The summed E-state index contributed by atoms with van der Waals surface area (Å²) >= 11 is 5.87. The van der Waals surface area contributed by atoms with Crippen LogP contribution < -0.4 is 66.3 Å². The SMILES string of the molecule is C.CC1(C)c2cccc3c4ccc(O)cc4c4ncc(n4c23)C1(C)C.CC1(C)c2cccc3c4ccc(Oc5ccc(F)c(-c6nccn6C6CCCCO6)c5)cc4c4ncc(n4c23)C1(C)C.Fc1ccc(Br)cc1-c1nccn1C1CCCCO1.O=C(O)c1ccccn1.O=[P+]([O-])O[O-].[K+].[K][K]. The Kier molecular flexibility index (Phi) is 26.7. The van der Waals surface area contributed by atoms with E-state index in [9.17, 15) is 14.3 Å². The zero-order chi connectivity index (χ0) is 71.9. The van der Waals surface area contributed by atoms with Crippen LogP contribution in [0.4, 0.5) is 8.78 Å². The van der Waals surface area contributed by atoms with E-state index in [2.05, 4.69) is 142 Å². The van der Waals surface area contributed by atoms with Gasteiger partial charge in [0.1, 0.15) is 70.0 Å². The van der Waals surface area contributed by atoms with Crippen molar-refractivity contribution in [2.75, 3.05) is 13.2 Å². The van der Waals surface area contributed by atoms with Crippen LogP contribution in [0, 0.1) is 11.6 Å². The van der Waals surface area contributed by atoms with Gasteiger partial charge in [-0.05, 0) is 150 Å². The molecule has 2 fully saturated rings. The molecular weight excluding hydrogens is 1480 g/mol. The molecule has 2 saturated heterocycles. The van der Waals surface area contributed by atoms with Crippen LogP contribution in [0.5, 0.6) is 17.2 Å². The third-order valence-corrected chi connectivity index (χ3v) is 21.3. The van der Waals surface area contributed by atoms with Gasteiger partial charge in [-0.15, -0.1) is 0 Å². The van der Waals surface area contributed by atoms with Crippen LogP contribution in [0.3, 0.4) is 0 Å². The molecule has 4 aliphatic heterocycles. The predicted octanol–water partition coefficient (Wildman–Crippen LogP) is 13.7. The number of halogens is 3. The van der Waals surface area contributed by atoms with Gasteiger partial charge in [0.05, 0.1) is 22.2 Å². The zero-order valence-electron chi connectivity index (χ0n) is 58.7. The van der Waals surface area contributed by atoms with Gasteiger partial charge in [-0.3, -0.25) is 8.80 Å². The molecule has 3 unspecified atom stereocenters. The molecular formula is C77H76BrF2K3N9O10P. The van der Waals surface area contributed by atoms with E-state index < -0.39 is 14.2 Å². The van der Waals surface area contributed by atoms with Gasteiger partial charge in [0.25, 0.3) is 0 Å². The number of hydrogen-bond acceptors (Lipinski definition) is 14. The first-order chi connectivity index (χ1) is 48.4. The Morgan fingerprint density at radius 2 is 1.07 bits per heavy atom. The van der Waals surface area contributed by atoms with Gasteiger partial charge >= 0.3 is 129 Å². The van der Waals surface area contributed by atoms with Gasteiger partial charge in [-0.1, -0.05) is 121 Å². The molecule has 0 radical (unpaired) electrons. The molecule has 0 spiro atoms. The number of fused-ring (bicyclic) bond motifs is 6. The number of ether oxygens (including phenoxy) is 3. The summed E-state index contributed by atoms with van der Waals surface area (Å²) in [5.74, 6) is 1.03. The van der Waals surface area contributed by atoms with Crippen LogP contribution in [0.15, 0.2) is 175 Å². The number of rotatable bonds is 8.